The molecule has 0 spiro atoms. The van der Waals surface area contributed by atoms with E-state index in [0.717, 1.165) is 5.56 Å². The summed E-state index contributed by atoms with van der Waals surface area (Å²) in [5.74, 6) is 0.153. The summed E-state index contributed by atoms with van der Waals surface area (Å²) in [6.45, 7) is 1.01. The van der Waals surface area contributed by atoms with Gasteiger partial charge >= 0.3 is 0 Å². The highest BCUT2D eigenvalue weighted by atomic mass is 19.1. The van der Waals surface area contributed by atoms with Crippen molar-refractivity contribution in [3.8, 4) is 0 Å². The lowest BCUT2D eigenvalue weighted by molar-refractivity contribution is -0.116. The summed E-state index contributed by atoms with van der Waals surface area (Å²) in [5.41, 5.74) is 0.768. The zero-order chi connectivity index (χ0) is 14.9. The normalized spacial score (nSPS) is 10.5. The molecular formula is C15H15FN4O. The standard InChI is InChI=1S/C15H15FN4O/c16-13-4-1-12(2-5-13)3-6-15(21)20-10-9-19-14-11-17-7-8-18-14/h1-8,11H,9-10H2,(H,18,19)(H,20,21). The third kappa shape index (κ3) is 5.40. The second-order valence-corrected chi connectivity index (χ2v) is 4.19. The average molecular weight is 286 g/mol. The first kappa shape index (κ1) is 14.6. The summed E-state index contributed by atoms with van der Waals surface area (Å²) in [4.78, 5) is 19.5. The number of amides is 1. The fraction of sp³-hybridized carbons (Fsp3) is 0.133. The molecular weight excluding hydrogens is 271 g/mol. The van der Waals surface area contributed by atoms with Gasteiger partial charge in [-0.3, -0.25) is 9.78 Å². The Hall–Kier alpha value is -2.76. The number of nitrogens with one attached hydrogen (secondary N) is 2. The minimum atomic E-state index is -0.299. The van der Waals surface area contributed by atoms with Crippen LogP contribution in [0.3, 0.4) is 0 Å². The molecule has 0 aliphatic rings. The van der Waals surface area contributed by atoms with Gasteiger partial charge in [0.15, 0.2) is 0 Å². The zero-order valence-electron chi connectivity index (χ0n) is 11.3. The van der Waals surface area contributed by atoms with Crippen LogP contribution in [0, 0.1) is 5.82 Å². The third-order valence-corrected chi connectivity index (χ3v) is 2.59. The highest BCUT2D eigenvalue weighted by molar-refractivity contribution is 5.91. The molecule has 6 heteroatoms. The number of hydrogen-bond donors (Lipinski definition) is 2. The van der Waals surface area contributed by atoms with Crippen LogP contribution in [-0.2, 0) is 4.79 Å². The molecule has 0 bridgehead atoms. The van der Waals surface area contributed by atoms with Gasteiger partial charge in [-0.1, -0.05) is 12.1 Å². The summed E-state index contributed by atoms with van der Waals surface area (Å²) >= 11 is 0. The van der Waals surface area contributed by atoms with Gasteiger partial charge in [0.2, 0.25) is 5.91 Å². The van der Waals surface area contributed by atoms with E-state index in [-0.39, 0.29) is 11.7 Å². The molecule has 1 aromatic heterocycles. The topological polar surface area (TPSA) is 66.9 Å². The molecule has 2 N–H and O–H groups in total. The largest absolute Gasteiger partial charge is 0.367 e. The van der Waals surface area contributed by atoms with Gasteiger partial charge in [-0.25, -0.2) is 9.37 Å². The number of halogens is 1. The molecule has 0 fully saturated rings. The van der Waals surface area contributed by atoms with Crippen LogP contribution in [-0.4, -0.2) is 29.0 Å². The van der Waals surface area contributed by atoms with Crippen molar-refractivity contribution >= 4 is 17.8 Å². The molecule has 0 unspecified atom stereocenters. The smallest absolute Gasteiger partial charge is 0.244 e. The molecule has 0 atom stereocenters. The summed E-state index contributed by atoms with van der Waals surface area (Å²) in [6.07, 6.45) is 7.83. The van der Waals surface area contributed by atoms with E-state index in [1.807, 2.05) is 0 Å². The Labute approximate surface area is 121 Å². The molecule has 1 heterocycles. The van der Waals surface area contributed by atoms with Crippen LogP contribution < -0.4 is 10.6 Å². The van der Waals surface area contributed by atoms with E-state index in [1.165, 1.54) is 18.2 Å². The van der Waals surface area contributed by atoms with E-state index < -0.39 is 0 Å². The van der Waals surface area contributed by atoms with Crippen molar-refractivity contribution in [2.24, 2.45) is 0 Å². The van der Waals surface area contributed by atoms with Gasteiger partial charge in [0.25, 0.3) is 0 Å². The Balaban J connectivity index is 1.69. The van der Waals surface area contributed by atoms with Gasteiger partial charge in [-0.05, 0) is 23.8 Å². The second-order valence-electron chi connectivity index (χ2n) is 4.19. The molecule has 0 saturated heterocycles. The third-order valence-electron chi connectivity index (χ3n) is 2.59. The first-order valence-corrected chi connectivity index (χ1v) is 6.45. The molecule has 0 saturated carbocycles. The number of carbonyl (C=O) groups is 1. The monoisotopic (exact) mass is 286 g/mol. The molecule has 1 amide bonds. The van der Waals surface area contributed by atoms with E-state index in [0.29, 0.717) is 18.9 Å². The summed E-state index contributed by atoms with van der Waals surface area (Å²) < 4.78 is 12.7. The van der Waals surface area contributed by atoms with E-state index in [4.69, 9.17) is 0 Å². The fourth-order valence-corrected chi connectivity index (χ4v) is 1.57. The lowest BCUT2D eigenvalue weighted by atomic mass is 10.2. The van der Waals surface area contributed by atoms with Crippen LogP contribution in [0.1, 0.15) is 5.56 Å². The number of carbonyl (C=O) groups excluding carboxylic acids is 1. The quantitative estimate of drug-likeness (QED) is 0.628. The molecule has 0 radical (unpaired) electrons. The minimum absolute atomic E-state index is 0.208. The van der Waals surface area contributed by atoms with Crippen molar-refractivity contribution in [2.45, 2.75) is 0 Å². The predicted octanol–water partition coefficient (Wildman–Crippen LogP) is 1.86. The zero-order valence-corrected chi connectivity index (χ0v) is 11.3. The van der Waals surface area contributed by atoms with E-state index >= 15 is 0 Å². The SMILES string of the molecule is O=C(C=Cc1ccc(F)cc1)NCCNc1cnccn1. The number of benzene rings is 1. The van der Waals surface area contributed by atoms with Crippen molar-refractivity contribution in [3.63, 3.8) is 0 Å². The molecule has 5 nitrogen and oxygen atoms in total. The predicted molar refractivity (Wildman–Crippen MR) is 79.0 cm³/mol. The van der Waals surface area contributed by atoms with Crippen molar-refractivity contribution in [1.29, 1.82) is 0 Å². The van der Waals surface area contributed by atoms with Gasteiger partial charge in [0.1, 0.15) is 11.6 Å². The van der Waals surface area contributed by atoms with Gasteiger partial charge in [-0.2, -0.15) is 0 Å². The molecule has 2 rings (SSSR count). The molecule has 21 heavy (non-hydrogen) atoms. The first-order valence-electron chi connectivity index (χ1n) is 6.45. The Kier molecular flexibility index (Phi) is 5.40. The van der Waals surface area contributed by atoms with Crippen LogP contribution in [0.15, 0.2) is 48.9 Å². The lowest BCUT2D eigenvalue weighted by Gasteiger charge is -2.04. The van der Waals surface area contributed by atoms with Gasteiger partial charge in [0, 0.05) is 31.6 Å². The average Bonchev–Trinajstić information content (AvgIpc) is 2.52. The van der Waals surface area contributed by atoms with E-state index in [2.05, 4.69) is 20.6 Å². The van der Waals surface area contributed by atoms with Crippen molar-refractivity contribution < 1.29 is 9.18 Å². The van der Waals surface area contributed by atoms with Crippen LogP contribution in [0.25, 0.3) is 6.08 Å². The van der Waals surface area contributed by atoms with Crippen molar-refractivity contribution in [1.82, 2.24) is 15.3 Å². The minimum Gasteiger partial charge on any atom is -0.367 e. The van der Waals surface area contributed by atoms with Crippen LogP contribution in [0.5, 0.6) is 0 Å². The Morgan fingerprint density at radius 1 is 1.19 bits per heavy atom. The Morgan fingerprint density at radius 3 is 2.71 bits per heavy atom. The number of anilines is 1. The van der Waals surface area contributed by atoms with E-state index in [9.17, 15) is 9.18 Å². The summed E-state index contributed by atoms with van der Waals surface area (Å²) in [6, 6.07) is 5.91. The fourth-order valence-electron chi connectivity index (χ4n) is 1.57. The summed E-state index contributed by atoms with van der Waals surface area (Å²) in [7, 11) is 0. The molecule has 108 valence electrons. The highest BCUT2D eigenvalue weighted by Crippen LogP contribution is 2.04. The Bertz CT molecular complexity index is 599. The highest BCUT2D eigenvalue weighted by Gasteiger charge is 1.96. The van der Waals surface area contributed by atoms with Gasteiger partial charge in [-0.15, -0.1) is 0 Å². The van der Waals surface area contributed by atoms with Crippen LogP contribution in [0.4, 0.5) is 10.2 Å². The Morgan fingerprint density at radius 2 is 2.00 bits per heavy atom. The molecule has 0 aliphatic heterocycles. The van der Waals surface area contributed by atoms with Gasteiger partial charge < -0.3 is 10.6 Å². The maximum absolute atomic E-state index is 12.7. The van der Waals surface area contributed by atoms with E-state index in [1.54, 1.807) is 36.8 Å². The molecule has 2 aromatic rings. The maximum atomic E-state index is 12.7. The maximum Gasteiger partial charge on any atom is 0.244 e. The van der Waals surface area contributed by atoms with Crippen molar-refractivity contribution in [2.75, 3.05) is 18.4 Å². The van der Waals surface area contributed by atoms with Gasteiger partial charge in [0.05, 0.1) is 6.20 Å². The first-order chi connectivity index (χ1) is 10.2. The van der Waals surface area contributed by atoms with Crippen LogP contribution >= 0.6 is 0 Å². The lowest BCUT2D eigenvalue weighted by Crippen LogP contribution is -2.27. The van der Waals surface area contributed by atoms with Crippen molar-refractivity contribution in [3.05, 3.63) is 60.3 Å². The summed E-state index contributed by atoms with van der Waals surface area (Å²) in [5, 5.41) is 5.75. The number of rotatable bonds is 6. The number of hydrogen-bond acceptors (Lipinski definition) is 4. The number of aromatic nitrogens is 2. The second kappa shape index (κ2) is 7.74. The molecule has 1 aromatic carbocycles. The number of nitrogens with zero attached hydrogens (tertiary/aromatic N) is 2. The molecule has 0 aliphatic carbocycles. The van der Waals surface area contributed by atoms with Crippen LogP contribution in [0.2, 0.25) is 0 Å².